The number of carboxylic acids is 1. The van der Waals surface area contributed by atoms with Crippen molar-refractivity contribution in [2.75, 3.05) is 20.3 Å². The number of carboxylic acid groups (broad SMARTS) is 1. The molecule has 0 radical (unpaired) electrons. The summed E-state index contributed by atoms with van der Waals surface area (Å²) in [4.78, 5) is 11.4. The number of aliphatic carboxylic acids is 1. The van der Waals surface area contributed by atoms with E-state index < -0.39 is 17.4 Å². The van der Waals surface area contributed by atoms with Crippen LogP contribution >= 0.6 is 0 Å². The van der Waals surface area contributed by atoms with E-state index in [0.29, 0.717) is 13.2 Å². The predicted molar refractivity (Wildman–Crippen MR) is 73.4 cm³/mol. The van der Waals surface area contributed by atoms with Gasteiger partial charge in [-0.2, -0.15) is 0 Å². The lowest BCUT2D eigenvalue weighted by molar-refractivity contribution is -0.150. The topological polar surface area (TPSA) is 58.6 Å². The molecule has 1 heterocycles. The Morgan fingerprint density at radius 1 is 1.42 bits per heavy atom. The van der Waals surface area contributed by atoms with Crippen LogP contribution in [0.3, 0.4) is 0 Å². The van der Waals surface area contributed by atoms with Crippen LogP contribution in [0.15, 0.2) is 24.3 Å². The molecule has 4 heteroatoms. The van der Waals surface area contributed by atoms with Crippen LogP contribution in [0.1, 0.15) is 24.5 Å². The molecule has 2 rings (SSSR count). The highest BCUT2D eigenvalue weighted by Gasteiger charge is 2.50. The summed E-state index contributed by atoms with van der Waals surface area (Å²) >= 11 is 0. The molecule has 0 amide bonds. The molecule has 0 spiro atoms. The van der Waals surface area contributed by atoms with E-state index in [0.717, 1.165) is 18.4 Å². The number of hydrogen-bond acceptors (Lipinski definition) is 3. The summed E-state index contributed by atoms with van der Waals surface area (Å²) in [6.45, 7) is 3.06. The molecule has 19 heavy (non-hydrogen) atoms. The lowest BCUT2D eigenvalue weighted by Crippen LogP contribution is -2.62. The van der Waals surface area contributed by atoms with E-state index in [9.17, 15) is 9.90 Å². The van der Waals surface area contributed by atoms with E-state index in [-0.39, 0.29) is 0 Å². The number of nitrogens with one attached hydrogen (secondary N) is 1. The van der Waals surface area contributed by atoms with Gasteiger partial charge in [0.25, 0.3) is 0 Å². The highest BCUT2D eigenvalue weighted by atomic mass is 16.5. The number of benzene rings is 1. The van der Waals surface area contributed by atoms with Gasteiger partial charge >= 0.3 is 5.97 Å². The smallest absolute Gasteiger partial charge is 0.321 e. The van der Waals surface area contributed by atoms with E-state index >= 15 is 0 Å². The molecule has 1 aliphatic heterocycles. The highest BCUT2D eigenvalue weighted by molar-refractivity contribution is 5.76. The van der Waals surface area contributed by atoms with Crippen molar-refractivity contribution in [3.63, 3.8) is 0 Å². The summed E-state index contributed by atoms with van der Waals surface area (Å²) in [5.74, 6) is -0.830. The molecule has 0 aromatic heterocycles. The zero-order valence-corrected chi connectivity index (χ0v) is 11.5. The van der Waals surface area contributed by atoms with Crippen LogP contribution in [0.25, 0.3) is 0 Å². The normalized spacial score (nSPS) is 18.6. The lowest BCUT2D eigenvalue weighted by atomic mass is 9.72. The number of ether oxygens (including phenoxy) is 1. The van der Waals surface area contributed by atoms with Crippen LogP contribution in [0.2, 0.25) is 0 Å². The van der Waals surface area contributed by atoms with E-state index in [1.807, 2.05) is 12.1 Å². The van der Waals surface area contributed by atoms with Crippen molar-refractivity contribution in [2.45, 2.75) is 31.2 Å². The summed E-state index contributed by atoms with van der Waals surface area (Å²) in [5.41, 5.74) is 1.89. The minimum Gasteiger partial charge on any atom is -0.480 e. The number of aryl methyl sites for hydroxylation is 1. The predicted octanol–water partition coefficient (Wildman–Crippen LogP) is 1.58. The van der Waals surface area contributed by atoms with Crippen molar-refractivity contribution in [2.24, 2.45) is 0 Å². The van der Waals surface area contributed by atoms with Gasteiger partial charge < -0.3 is 15.2 Å². The highest BCUT2D eigenvalue weighted by Crippen LogP contribution is 2.36. The molecule has 1 aromatic carbocycles. The van der Waals surface area contributed by atoms with Gasteiger partial charge in [0, 0.05) is 0 Å². The standard InChI is InChI=1S/C15H21NO3/c1-3-4-11-5-7-12(8-6-11)15(9-19-10-15)13(16-2)14(17)18/h5-8,13,16H,3-4,9-10H2,1-2H3,(H,17,18). The number of hydrogen-bond donors (Lipinski definition) is 2. The second-order valence-electron chi connectivity index (χ2n) is 5.16. The van der Waals surface area contributed by atoms with Gasteiger partial charge in [0.1, 0.15) is 6.04 Å². The summed E-state index contributed by atoms with van der Waals surface area (Å²) in [6.07, 6.45) is 2.17. The molecule has 0 saturated carbocycles. The largest absolute Gasteiger partial charge is 0.480 e. The molecule has 0 bridgehead atoms. The minimum absolute atomic E-state index is 0.439. The van der Waals surface area contributed by atoms with Crippen molar-refractivity contribution < 1.29 is 14.6 Å². The van der Waals surface area contributed by atoms with Crippen LogP contribution in [0.4, 0.5) is 0 Å². The van der Waals surface area contributed by atoms with Gasteiger partial charge in [0.2, 0.25) is 0 Å². The minimum atomic E-state index is -0.830. The van der Waals surface area contributed by atoms with E-state index in [1.165, 1.54) is 5.56 Å². The second kappa shape index (κ2) is 5.72. The van der Waals surface area contributed by atoms with Gasteiger partial charge in [-0.1, -0.05) is 37.6 Å². The average molecular weight is 263 g/mol. The van der Waals surface area contributed by atoms with Crippen LogP contribution in [0.5, 0.6) is 0 Å². The Hall–Kier alpha value is -1.39. The van der Waals surface area contributed by atoms with Gasteiger partial charge in [0.15, 0.2) is 0 Å². The molecule has 0 aliphatic carbocycles. The van der Waals surface area contributed by atoms with E-state index in [2.05, 4.69) is 24.4 Å². The van der Waals surface area contributed by atoms with E-state index in [4.69, 9.17) is 4.74 Å². The first-order valence-corrected chi connectivity index (χ1v) is 6.71. The lowest BCUT2D eigenvalue weighted by Gasteiger charge is -2.45. The Bertz CT molecular complexity index is 437. The molecule has 1 aliphatic rings. The third kappa shape index (κ3) is 2.51. The Labute approximate surface area is 113 Å². The fraction of sp³-hybridized carbons (Fsp3) is 0.533. The first-order chi connectivity index (χ1) is 9.14. The van der Waals surface area contributed by atoms with Crippen molar-refractivity contribution in [3.05, 3.63) is 35.4 Å². The SMILES string of the molecule is CCCc1ccc(C2(C(NC)C(=O)O)COC2)cc1. The Morgan fingerprint density at radius 2 is 2.05 bits per heavy atom. The third-order valence-electron chi connectivity index (χ3n) is 3.87. The quantitative estimate of drug-likeness (QED) is 0.818. The third-order valence-corrected chi connectivity index (χ3v) is 3.87. The van der Waals surface area contributed by atoms with Crippen LogP contribution in [-0.2, 0) is 21.4 Å². The summed E-state index contributed by atoms with van der Waals surface area (Å²) in [6, 6.07) is 7.65. The first-order valence-electron chi connectivity index (χ1n) is 6.71. The molecule has 1 aromatic rings. The molecule has 104 valence electrons. The molecular weight excluding hydrogens is 242 g/mol. The van der Waals surface area contributed by atoms with Gasteiger partial charge in [-0.3, -0.25) is 4.79 Å². The van der Waals surface area contributed by atoms with Gasteiger partial charge in [-0.25, -0.2) is 0 Å². The maximum atomic E-state index is 11.4. The molecule has 1 unspecified atom stereocenters. The monoisotopic (exact) mass is 263 g/mol. The van der Waals surface area contributed by atoms with Gasteiger partial charge in [0.05, 0.1) is 18.6 Å². The molecular formula is C15H21NO3. The van der Waals surface area contributed by atoms with Crippen LogP contribution in [-0.4, -0.2) is 37.4 Å². The van der Waals surface area contributed by atoms with Crippen LogP contribution in [0, 0.1) is 0 Å². The molecule has 4 nitrogen and oxygen atoms in total. The van der Waals surface area contributed by atoms with Crippen molar-refractivity contribution in [3.8, 4) is 0 Å². The summed E-state index contributed by atoms with van der Waals surface area (Å²) in [7, 11) is 1.68. The number of rotatable bonds is 6. The number of carbonyl (C=O) groups is 1. The fourth-order valence-electron chi connectivity index (χ4n) is 2.75. The number of likely N-dealkylation sites (N-methyl/N-ethyl adjacent to an activating group) is 1. The Kier molecular flexibility index (Phi) is 4.22. The zero-order chi connectivity index (χ0) is 13.9. The molecule has 2 N–H and O–H groups in total. The van der Waals surface area contributed by atoms with Crippen molar-refractivity contribution in [1.82, 2.24) is 5.32 Å². The zero-order valence-electron chi connectivity index (χ0n) is 11.5. The first kappa shape index (κ1) is 14.0. The maximum Gasteiger partial charge on any atom is 0.321 e. The maximum absolute atomic E-state index is 11.4. The summed E-state index contributed by atoms with van der Waals surface area (Å²) in [5, 5.41) is 12.3. The van der Waals surface area contributed by atoms with E-state index in [1.54, 1.807) is 7.05 Å². The fourth-order valence-corrected chi connectivity index (χ4v) is 2.75. The Balaban J connectivity index is 2.28. The van der Waals surface area contributed by atoms with Crippen molar-refractivity contribution in [1.29, 1.82) is 0 Å². The Morgan fingerprint density at radius 3 is 2.42 bits per heavy atom. The van der Waals surface area contributed by atoms with Gasteiger partial charge in [-0.15, -0.1) is 0 Å². The second-order valence-corrected chi connectivity index (χ2v) is 5.16. The summed E-state index contributed by atoms with van der Waals surface area (Å²) < 4.78 is 5.30. The average Bonchev–Trinajstić information content (AvgIpc) is 2.34. The van der Waals surface area contributed by atoms with Gasteiger partial charge in [-0.05, 0) is 24.6 Å². The molecule has 1 fully saturated rings. The van der Waals surface area contributed by atoms with Crippen LogP contribution < -0.4 is 5.32 Å². The molecule has 1 saturated heterocycles. The molecule has 1 atom stereocenters. The van der Waals surface area contributed by atoms with Crippen molar-refractivity contribution >= 4 is 5.97 Å².